The van der Waals surface area contributed by atoms with Crippen LogP contribution in [-0.2, 0) is 9.53 Å². The smallest absolute Gasteiger partial charge is 0.408 e. The van der Waals surface area contributed by atoms with Crippen LogP contribution >= 0.6 is 0 Å². The number of aliphatic carboxylic acids is 1. The second kappa shape index (κ2) is 9.37. The Bertz CT molecular complexity index is 333. The summed E-state index contributed by atoms with van der Waals surface area (Å²) in [6.45, 7) is 5.29. The number of rotatable bonds is 3. The van der Waals surface area contributed by atoms with Crippen LogP contribution in [-0.4, -0.2) is 47.7 Å². The molecule has 0 bridgehead atoms. The van der Waals surface area contributed by atoms with E-state index in [0.29, 0.717) is 0 Å². The fourth-order valence-electron chi connectivity index (χ4n) is 2.64. The molecule has 0 spiro atoms. The Morgan fingerprint density at radius 1 is 1.10 bits per heavy atom. The maximum absolute atomic E-state index is 11.8. The van der Waals surface area contributed by atoms with Crippen LogP contribution in [0.15, 0.2) is 0 Å². The summed E-state index contributed by atoms with van der Waals surface area (Å²) in [5.41, 5.74) is -0.617. The van der Waals surface area contributed by atoms with E-state index >= 15 is 0 Å². The molecule has 1 saturated carbocycles. The van der Waals surface area contributed by atoms with Gasteiger partial charge in [-0.25, -0.2) is 9.59 Å². The number of hydrogen-bond acceptors (Lipinski definition) is 3. The van der Waals surface area contributed by atoms with Crippen LogP contribution in [0.3, 0.4) is 0 Å². The Kier molecular flexibility index (Phi) is 9.08. The molecule has 5 nitrogen and oxygen atoms in total. The zero-order valence-electron chi connectivity index (χ0n) is 13.8. The predicted octanol–water partition coefficient (Wildman–Crippen LogP) is 2.94. The molecule has 117 valence electrons. The normalized spacial score (nSPS) is 18.6. The van der Waals surface area contributed by atoms with E-state index in [0.717, 1.165) is 38.5 Å². The average molecular weight is 292 g/mol. The Morgan fingerprint density at radius 2 is 1.57 bits per heavy atom. The van der Waals surface area contributed by atoms with E-state index in [4.69, 9.17) is 4.74 Å². The predicted molar refractivity (Wildman–Crippen MR) is 82.4 cm³/mol. The van der Waals surface area contributed by atoms with E-state index in [1.165, 1.54) is 6.42 Å². The van der Waals surface area contributed by atoms with Gasteiger partial charge in [-0.05, 0) is 39.5 Å². The van der Waals surface area contributed by atoms with Gasteiger partial charge in [0.2, 0.25) is 0 Å². The minimum atomic E-state index is -0.971. The number of nitrogens with one attached hydrogen (secondary N) is 1. The second-order valence-electron chi connectivity index (χ2n) is 6.57. The largest absolute Gasteiger partial charge is 0.480 e. The summed E-state index contributed by atoms with van der Waals surface area (Å²) in [4.78, 5) is 23.2. The van der Waals surface area contributed by atoms with Crippen LogP contribution in [0.1, 0.15) is 65.7 Å². The average Bonchev–Trinajstić information content (AvgIpc) is 2.23. The fourth-order valence-corrected chi connectivity index (χ4v) is 2.64. The second-order valence-corrected chi connectivity index (χ2v) is 6.57. The molecule has 1 unspecified atom stereocenters. The fraction of sp³-hybridized carbons (Fsp3) is 0.867. The molecule has 1 amide bonds. The van der Waals surface area contributed by atoms with E-state index < -0.39 is 23.7 Å². The van der Waals surface area contributed by atoms with Gasteiger partial charge in [0.1, 0.15) is 11.6 Å². The van der Waals surface area contributed by atoms with Gasteiger partial charge in [-0.15, -0.1) is 0 Å². The van der Waals surface area contributed by atoms with E-state index in [1.807, 2.05) is 0 Å². The third kappa shape index (κ3) is 8.38. The molecule has 21 heavy (non-hydrogen) atoms. The minimum Gasteiger partial charge on any atom is -0.480 e. The number of ether oxygens (including phenoxy) is 1. The summed E-state index contributed by atoms with van der Waals surface area (Å²) in [6, 6.07) is -0.844. The maximum atomic E-state index is 11.8. The van der Waals surface area contributed by atoms with Crippen molar-refractivity contribution < 1.29 is 19.4 Å². The van der Waals surface area contributed by atoms with Crippen molar-refractivity contribution in [2.24, 2.45) is 5.92 Å². The van der Waals surface area contributed by atoms with Crippen molar-refractivity contribution in [2.75, 3.05) is 0 Å². The Labute approximate surface area is 139 Å². The van der Waals surface area contributed by atoms with Gasteiger partial charge in [0, 0.05) is 18.9 Å². The van der Waals surface area contributed by atoms with Crippen LogP contribution in [0.2, 0.25) is 0 Å². The molecule has 1 atom stereocenters. The van der Waals surface area contributed by atoms with E-state index in [-0.39, 0.29) is 24.8 Å². The molecule has 1 aliphatic carbocycles. The molecule has 0 aromatic heterocycles. The molecule has 1 aliphatic rings. The van der Waals surface area contributed by atoms with Gasteiger partial charge < -0.3 is 15.2 Å². The van der Waals surface area contributed by atoms with Crippen molar-refractivity contribution >= 4 is 30.9 Å². The molecule has 0 aromatic rings. The van der Waals surface area contributed by atoms with Crippen LogP contribution in [0, 0.1) is 5.92 Å². The van der Waals surface area contributed by atoms with Gasteiger partial charge >= 0.3 is 12.1 Å². The summed E-state index contributed by atoms with van der Waals surface area (Å²) in [6.07, 6.45) is 6.65. The SMILES string of the molecule is CC(C)(C)OC(=O)NC(C(=O)O)C1CCCCCCC1.[Li]. The zero-order chi connectivity index (χ0) is 15.2. The summed E-state index contributed by atoms with van der Waals surface area (Å²) in [7, 11) is 0. The van der Waals surface area contributed by atoms with E-state index in [1.54, 1.807) is 20.8 Å². The van der Waals surface area contributed by atoms with Gasteiger partial charge in [0.15, 0.2) is 0 Å². The number of alkyl carbamates (subject to hydrolysis) is 1. The van der Waals surface area contributed by atoms with Gasteiger partial charge in [-0.1, -0.05) is 32.1 Å². The maximum Gasteiger partial charge on any atom is 0.408 e. The number of carbonyl (C=O) groups is 2. The van der Waals surface area contributed by atoms with Crippen molar-refractivity contribution in [3.8, 4) is 0 Å². The third-order valence-electron chi connectivity index (χ3n) is 3.56. The Hall–Kier alpha value is -0.663. The van der Waals surface area contributed by atoms with Crippen molar-refractivity contribution in [3.05, 3.63) is 0 Å². The Balaban J connectivity index is 0.00000400. The third-order valence-corrected chi connectivity index (χ3v) is 3.56. The standard InChI is InChI=1S/C15H27NO4.Li/c1-15(2,3)20-14(19)16-12(13(17)18)11-9-7-5-4-6-8-10-11;/h11-12H,4-10H2,1-3H3,(H,16,19)(H,17,18);. The summed E-state index contributed by atoms with van der Waals surface area (Å²) in [5.74, 6) is -0.971. The van der Waals surface area contributed by atoms with E-state index in [2.05, 4.69) is 5.32 Å². The van der Waals surface area contributed by atoms with Gasteiger partial charge in [0.25, 0.3) is 0 Å². The summed E-state index contributed by atoms with van der Waals surface area (Å²) < 4.78 is 5.15. The molecule has 2 N–H and O–H groups in total. The number of amides is 1. The van der Waals surface area contributed by atoms with Crippen LogP contribution in [0.25, 0.3) is 0 Å². The molecule has 0 saturated heterocycles. The van der Waals surface area contributed by atoms with Crippen molar-refractivity contribution in [3.63, 3.8) is 0 Å². The van der Waals surface area contributed by atoms with Crippen LogP contribution in [0.5, 0.6) is 0 Å². The monoisotopic (exact) mass is 292 g/mol. The first kappa shape index (κ1) is 20.3. The van der Waals surface area contributed by atoms with Crippen molar-refractivity contribution in [2.45, 2.75) is 77.4 Å². The van der Waals surface area contributed by atoms with E-state index in [9.17, 15) is 14.7 Å². The molecule has 0 aliphatic heterocycles. The zero-order valence-corrected chi connectivity index (χ0v) is 13.8. The van der Waals surface area contributed by atoms with Crippen molar-refractivity contribution in [1.29, 1.82) is 0 Å². The first-order valence-corrected chi connectivity index (χ1v) is 7.52. The van der Waals surface area contributed by atoms with Gasteiger partial charge in [-0.3, -0.25) is 0 Å². The first-order chi connectivity index (χ1) is 9.29. The summed E-state index contributed by atoms with van der Waals surface area (Å²) >= 11 is 0. The molecule has 0 heterocycles. The van der Waals surface area contributed by atoms with Crippen molar-refractivity contribution in [1.82, 2.24) is 5.32 Å². The first-order valence-electron chi connectivity index (χ1n) is 7.52. The molecule has 1 fully saturated rings. The van der Waals surface area contributed by atoms with Gasteiger partial charge in [0.05, 0.1) is 0 Å². The molecule has 1 rings (SSSR count). The molecular weight excluding hydrogens is 265 g/mol. The topological polar surface area (TPSA) is 75.6 Å². The molecular formula is C15H27LiNO4. The number of carboxylic acid groups (broad SMARTS) is 1. The van der Waals surface area contributed by atoms with Crippen LogP contribution < -0.4 is 5.32 Å². The number of carboxylic acids is 1. The number of hydrogen-bond donors (Lipinski definition) is 2. The van der Waals surface area contributed by atoms with Gasteiger partial charge in [-0.2, -0.15) is 0 Å². The minimum absolute atomic E-state index is 0. The molecule has 1 radical (unpaired) electrons. The quantitative estimate of drug-likeness (QED) is 0.784. The Morgan fingerprint density at radius 3 is 2.00 bits per heavy atom. The number of carbonyl (C=O) groups excluding carboxylic acids is 1. The van der Waals surface area contributed by atoms with Crippen LogP contribution in [0.4, 0.5) is 4.79 Å². The molecule has 6 heteroatoms. The summed E-state index contributed by atoms with van der Waals surface area (Å²) in [5, 5.41) is 11.9. The molecule has 0 aromatic carbocycles.